The first-order chi connectivity index (χ1) is 9.30. The molecule has 1 N–H and O–H groups in total. The lowest BCUT2D eigenvalue weighted by Crippen LogP contribution is -2.44. The Kier molecular flexibility index (Phi) is 6.30. The number of carbonyl (C=O) groups is 1. The number of aliphatic carboxylic acids is 1. The summed E-state index contributed by atoms with van der Waals surface area (Å²) in [6, 6.07) is 7.32. The third-order valence-electron chi connectivity index (χ3n) is 3.00. The number of carboxylic acids is 1. The molecule has 0 fully saturated rings. The van der Waals surface area contributed by atoms with E-state index in [0.717, 1.165) is 0 Å². The van der Waals surface area contributed by atoms with Gasteiger partial charge < -0.3 is 9.84 Å². The summed E-state index contributed by atoms with van der Waals surface area (Å²) in [5, 5.41) is 9.38. The standard InChI is InChI=1S/C15H22ClNO3/c1-15(2,3)17(9-8-14(18)19)10-11-20-13-7-5-4-6-12(13)16/h4-7H,8-11H2,1-3H3,(H,18,19). The Balaban J connectivity index is 2.50. The van der Waals surface area contributed by atoms with Gasteiger partial charge in [-0.15, -0.1) is 0 Å². The quantitative estimate of drug-likeness (QED) is 0.839. The van der Waals surface area contributed by atoms with Gasteiger partial charge in [0, 0.05) is 18.6 Å². The average molecular weight is 300 g/mol. The van der Waals surface area contributed by atoms with Crippen molar-refractivity contribution in [3.63, 3.8) is 0 Å². The summed E-state index contributed by atoms with van der Waals surface area (Å²) >= 11 is 6.02. The first kappa shape index (κ1) is 16.8. The molecule has 0 amide bonds. The molecule has 5 heteroatoms. The fraction of sp³-hybridized carbons (Fsp3) is 0.533. The molecule has 1 aromatic rings. The van der Waals surface area contributed by atoms with E-state index in [-0.39, 0.29) is 12.0 Å². The van der Waals surface area contributed by atoms with Gasteiger partial charge in [-0.3, -0.25) is 9.69 Å². The van der Waals surface area contributed by atoms with E-state index >= 15 is 0 Å². The highest BCUT2D eigenvalue weighted by Gasteiger charge is 2.21. The van der Waals surface area contributed by atoms with Crippen LogP contribution in [0.15, 0.2) is 24.3 Å². The van der Waals surface area contributed by atoms with E-state index in [1.165, 1.54) is 0 Å². The molecule has 0 aliphatic rings. The Morgan fingerprint density at radius 2 is 1.95 bits per heavy atom. The van der Waals surface area contributed by atoms with E-state index < -0.39 is 5.97 Å². The number of ether oxygens (including phenoxy) is 1. The maximum atomic E-state index is 10.7. The van der Waals surface area contributed by atoms with Crippen molar-refractivity contribution in [3.8, 4) is 5.75 Å². The molecule has 112 valence electrons. The Morgan fingerprint density at radius 3 is 2.50 bits per heavy atom. The summed E-state index contributed by atoms with van der Waals surface area (Å²) in [6.07, 6.45) is 0.128. The number of para-hydroxylation sites is 1. The van der Waals surface area contributed by atoms with Gasteiger partial charge in [-0.25, -0.2) is 0 Å². The average Bonchev–Trinajstić information content (AvgIpc) is 2.33. The largest absolute Gasteiger partial charge is 0.491 e. The molecule has 0 saturated carbocycles. The first-order valence-corrected chi connectivity index (χ1v) is 7.02. The predicted molar refractivity (Wildman–Crippen MR) is 80.5 cm³/mol. The number of carboxylic acid groups (broad SMARTS) is 1. The number of hydrogen-bond acceptors (Lipinski definition) is 3. The zero-order valence-corrected chi connectivity index (χ0v) is 13.0. The molecule has 0 aliphatic heterocycles. The summed E-state index contributed by atoms with van der Waals surface area (Å²) in [5.41, 5.74) is -0.0979. The molecule has 0 bridgehead atoms. The molecule has 1 aromatic carbocycles. The molecule has 4 nitrogen and oxygen atoms in total. The maximum absolute atomic E-state index is 10.7. The fourth-order valence-corrected chi connectivity index (χ4v) is 2.03. The molecule has 1 rings (SSSR count). The predicted octanol–water partition coefficient (Wildman–Crippen LogP) is 3.29. The lowest BCUT2D eigenvalue weighted by molar-refractivity contribution is -0.137. The second kappa shape index (κ2) is 7.50. The Morgan fingerprint density at radius 1 is 1.30 bits per heavy atom. The molecule has 0 saturated heterocycles. The summed E-state index contributed by atoms with van der Waals surface area (Å²) in [5.74, 6) is -0.132. The highest BCUT2D eigenvalue weighted by molar-refractivity contribution is 6.32. The van der Waals surface area contributed by atoms with Crippen molar-refractivity contribution in [2.75, 3.05) is 19.7 Å². The number of benzene rings is 1. The molecular formula is C15H22ClNO3. The highest BCUT2D eigenvalue weighted by Crippen LogP contribution is 2.23. The lowest BCUT2D eigenvalue weighted by atomic mass is 10.1. The van der Waals surface area contributed by atoms with Crippen LogP contribution >= 0.6 is 11.6 Å². The molecule has 0 spiro atoms. The molecule has 0 aromatic heterocycles. The van der Waals surface area contributed by atoms with Crippen molar-refractivity contribution < 1.29 is 14.6 Å². The van der Waals surface area contributed by atoms with E-state index in [1.54, 1.807) is 6.07 Å². The van der Waals surface area contributed by atoms with Gasteiger partial charge in [0.15, 0.2) is 0 Å². The first-order valence-electron chi connectivity index (χ1n) is 6.65. The van der Waals surface area contributed by atoms with Crippen molar-refractivity contribution >= 4 is 17.6 Å². The van der Waals surface area contributed by atoms with Crippen LogP contribution in [0.3, 0.4) is 0 Å². The van der Waals surface area contributed by atoms with Crippen LogP contribution in [-0.2, 0) is 4.79 Å². The zero-order valence-electron chi connectivity index (χ0n) is 12.2. The zero-order chi connectivity index (χ0) is 15.2. The van der Waals surface area contributed by atoms with Gasteiger partial charge in [-0.1, -0.05) is 23.7 Å². The van der Waals surface area contributed by atoms with Crippen LogP contribution in [0.5, 0.6) is 5.75 Å². The van der Waals surface area contributed by atoms with Crippen molar-refractivity contribution in [1.82, 2.24) is 4.90 Å². The van der Waals surface area contributed by atoms with Crippen molar-refractivity contribution in [3.05, 3.63) is 29.3 Å². The van der Waals surface area contributed by atoms with Gasteiger partial charge in [-0.05, 0) is 32.9 Å². The number of hydrogen-bond donors (Lipinski definition) is 1. The third kappa shape index (κ3) is 5.80. The summed E-state index contributed by atoms with van der Waals surface area (Å²) in [4.78, 5) is 12.8. The second-order valence-corrected chi connectivity index (χ2v) is 5.99. The van der Waals surface area contributed by atoms with Crippen molar-refractivity contribution in [2.45, 2.75) is 32.7 Å². The SMILES string of the molecule is CC(C)(C)N(CCOc1ccccc1Cl)CCC(=O)O. The smallest absolute Gasteiger partial charge is 0.304 e. The minimum atomic E-state index is -0.786. The van der Waals surface area contributed by atoms with Gasteiger partial charge in [0.25, 0.3) is 0 Å². The minimum absolute atomic E-state index is 0.0979. The molecule has 20 heavy (non-hydrogen) atoms. The molecule has 0 aliphatic carbocycles. The van der Waals surface area contributed by atoms with E-state index in [1.807, 2.05) is 18.2 Å². The van der Waals surface area contributed by atoms with Crippen LogP contribution in [0.4, 0.5) is 0 Å². The van der Waals surface area contributed by atoms with E-state index in [2.05, 4.69) is 25.7 Å². The molecule has 0 heterocycles. The minimum Gasteiger partial charge on any atom is -0.491 e. The summed E-state index contributed by atoms with van der Waals surface area (Å²) in [7, 11) is 0. The molecule has 0 radical (unpaired) electrons. The third-order valence-corrected chi connectivity index (χ3v) is 3.31. The van der Waals surface area contributed by atoms with Crippen molar-refractivity contribution in [1.29, 1.82) is 0 Å². The summed E-state index contributed by atoms with van der Waals surface area (Å²) < 4.78 is 5.65. The highest BCUT2D eigenvalue weighted by atomic mass is 35.5. The number of halogens is 1. The maximum Gasteiger partial charge on any atom is 0.304 e. The Bertz CT molecular complexity index is 443. The monoisotopic (exact) mass is 299 g/mol. The molecular weight excluding hydrogens is 278 g/mol. The van der Waals surface area contributed by atoms with Gasteiger partial charge in [0.2, 0.25) is 0 Å². The van der Waals surface area contributed by atoms with E-state index in [0.29, 0.717) is 30.5 Å². The molecule has 0 unspecified atom stereocenters. The number of nitrogens with zero attached hydrogens (tertiary/aromatic N) is 1. The van der Waals surface area contributed by atoms with Crippen molar-refractivity contribution in [2.24, 2.45) is 0 Å². The lowest BCUT2D eigenvalue weighted by Gasteiger charge is -2.35. The van der Waals surface area contributed by atoms with E-state index in [9.17, 15) is 4.79 Å². The van der Waals surface area contributed by atoms with Crippen LogP contribution in [0.1, 0.15) is 27.2 Å². The van der Waals surface area contributed by atoms with Gasteiger partial charge in [0.1, 0.15) is 12.4 Å². The van der Waals surface area contributed by atoms with Crippen LogP contribution in [-0.4, -0.2) is 41.2 Å². The van der Waals surface area contributed by atoms with Crippen LogP contribution in [0.25, 0.3) is 0 Å². The van der Waals surface area contributed by atoms with Crippen LogP contribution < -0.4 is 4.74 Å². The topological polar surface area (TPSA) is 49.8 Å². The van der Waals surface area contributed by atoms with Gasteiger partial charge in [-0.2, -0.15) is 0 Å². The van der Waals surface area contributed by atoms with Crippen LogP contribution in [0.2, 0.25) is 5.02 Å². The molecule has 0 atom stereocenters. The number of rotatable bonds is 7. The fourth-order valence-electron chi connectivity index (χ4n) is 1.84. The normalized spacial score (nSPS) is 11.7. The van der Waals surface area contributed by atoms with Gasteiger partial charge >= 0.3 is 5.97 Å². The summed E-state index contributed by atoms with van der Waals surface area (Å²) in [6.45, 7) is 7.81. The van der Waals surface area contributed by atoms with Crippen LogP contribution in [0, 0.1) is 0 Å². The Labute approximate surface area is 125 Å². The van der Waals surface area contributed by atoms with Gasteiger partial charge in [0.05, 0.1) is 11.4 Å². The van der Waals surface area contributed by atoms with E-state index in [4.69, 9.17) is 21.4 Å². The second-order valence-electron chi connectivity index (χ2n) is 5.58. The Hall–Kier alpha value is -1.26.